The Labute approximate surface area is 188 Å². The molecule has 2 aromatic carbocycles. The highest BCUT2D eigenvalue weighted by Crippen LogP contribution is 2.29. The van der Waals surface area contributed by atoms with Gasteiger partial charge in [0.25, 0.3) is 5.91 Å². The number of rotatable bonds is 4. The predicted octanol–water partition coefficient (Wildman–Crippen LogP) is 4.96. The van der Waals surface area contributed by atoms with Crippen LogP contribution in [0.15, 0.2) is 60.8 Å². The largest absolute Gasteiger partial charge is 0.339 e. The van der Waals surface area contributed by atoms with Crippen molar-refractivity contribution in [1.29, 1.82) is 0 Å². The maximum absolute atomic E-state index is 12.5. The molecule has 1 aromatic heterocycles. The fourth-order valence-corrected chi connectivity index (χ4v) is 3.17. The van der Waals surface area contributed by atoms with Gasteiger partial charge in [0.05, 0.1) is 11.2 Å². The van der Waals surface area contributed by atoms with Crippen LogP contribution in [-0.4, -0.2) is 26.0 Å². The van der Waals surface area contributed by atoms with Gasteiger partial charge in [0.1, 0.15) is 6.17 Å². The quantitative estimate of drug-likeness (QED) is 0.288. The molecule has 1 heterocycles. The van der Waals surface area contributed by atoms with E-state index in [1.165, 1.54) is 0 Å². The number of hydrogen-bond donors (Lipinski definition) is 3. The van der Waals surface area contributed by atoms with E-state index in [1.54, 1.807) is 18.3 Å². The summed E-state index contributed by atoms with van der Waals surface area (Å²) < 4.78 is -1.84. The number of anilines is 1. The van der Waals surface area contributed by atoms with Gasteiger partial charge < -0.3 is 16.0 Å². The molecule has 0 fully saturated rings. The molecule has 1 atom stereocenters. The number of carbonyl (C=O) groups excluding carboxylic acids is 1. The normalized spacial score (nSPS) is 12.3. The summed E-state index contributed by atoms with van der Waals surface area (Å²) in [5, 5.41) is 9.66. The second-order valence-electron chi connectivity index (χ2n) is 6.29. The van der Waals surface area contributed by atoms with Gasteiger partial charge in [0, 0.05) is 17.1 Å². The standard InChI is InChI=1S/C20H17Cl3N4OS/c1-12-7-9-14(10-8-12)17(28)26-18(20(21,22)23)27-19(29)25-15-6-2-4-13-5-3-11-24-16(13)15/h2-11,18H,1H3,(H,26,28)(H2,25,27,29)/t18-/m1/s1. The van der Waals surface area contributed by atoms with Crippen LogP contribution in [0.1, 0.15) is 15.9 Å². The van der Waals surface area contributed by atoms with Crippen LogP contribution in [0, 0.1) is 6.92 Å². The number of nitrogens with one attached hydrogen (secondary N) is 3. The Balaban J connectivity index is 1.73. The minimum atomic E-state index is -1.84. The smallest absolute Gasteiger partial charge is 0.252 e. The van der Waals surface area contributed by atoms with Gasteiger partial charge in [-0.25, -0.2) is 0 Å². The highest BCUT2D eigenvalue weighted by Gasteiger charge is 2.35. The molecule has 0 aliphatic heterocycles. The summed E-state index contributed by atoms with van der Waals surface area (Å²) in [7, 11) is 0. The SMILES string of the molecule is Cc1ccc(C(=O)N[C@H](NC(=S)Nc2cccc3cccnc23)C(Cl)(Cl)Cl)cc1. The second kappa shape index (κ2) is 9.13. The number of amides is 1. The Morgan fingerprint density at radius 1 is 1.03 bits per heavy atom. The number of para-hydroxylation sites is 1. The van der Waals surface area contributed by atoms with Crippen LogP contribution < -0.4 is 16.0 Å². The van der Waals surface area contributed by atoms with E-state index in [1.807, 2.05) is 49.4 Å². The number of alkyl halides is 3. The van der Waals surface area contributed by atoms with E-state index in [4.69, 9.17) is 47.0 Å². The molecule has 0 saturated carbocycles. The number of thiocarbonyl (C=S) groups is 1. The molecule has 9 heteroatoms. The highest BCUT2D eigenvalue weighted by molar-refractivity contribution is 7.80. The molecule has 3 rings (SSSR count). The van der Waals surface area contributed by atoms with E-state index in [2.05, 4.69) is 20.9 Å². The third-order valence-corrected chi connectivity index (χ3v) is 4.95. The number of benzene rings is 2. The predicted molar refractivity (Wildman–Crippen MR) is 124 cm³/mol. The van der Waals surface area contributed by atoms with Crippen LogP contribution in [0.25, 0.3) is 10.9 Å². The number of halogens is 3. The van der Waals surface area contributed by atoms with E-state index in [9.17, 15) is 4.79 Å². The van der Waals surface area contributed by atoms with E-state index in [0.29, 0.717) is 11.3 Å². The van der Waals surface area contributed by atoms with Crippen LogP contribution in [0.2, 0.25) is 0 Å². The average Bonchev–Trinajstić information content (AvgIpc) is 2.67. The van der Waals surface area contributed by atoms with E-state index in [0.717, 1.165) is 16.5 Å². The molecule has 29 heavy (non-hydrogen) atoms. The van der Waals surface area contributed by atoms with Crippen LogP contribution in [-0.2, 0) is 0 Å². The zero-order chi connectivity index (χ0) is 21.0. The number of hydrogen-bond acceptors (Lipinski definition) is 3. The molecule has 0 bridgehead atoms. The van der Waals surface area contributed by atoms with Crippen molar-refractivity contribution in [2.24, 2.45) is 0 Å². The van der Waals surface area contributed by atoms with Crippen LogP contribution in [0.4, 0.5) is 5.69 Å². The molecule has 0 aliphatic carbocycles. The molecule has 0 spiro atoms. The lowest BCUT2D eigenvalue weighted by molar-refractivity contribution is 0.0934. The summed E-state index contributed by atoms with van der Waals surface area (Å²) in [6.45, 7) is 1.93. The molecule has 0 radical (unpaired) electrons. The van der Waals surface area contributed by atoms with Gasteiger partial charge >= 0.3 is 0 Å². The molecule has 0 unspecified atom stereocenters. The molecule has 0 aliphatic rings. The van der Waals surface area contributed by atoms with Gasteiger partial charge in [0.15, 0.2) is 5.11 Å². The van der Waals surface area contributed by atoms with Crippen LogP contribution in [0.3, 0.4) is 0 Å². The molecule has 0 saturated heterocycles. The minimum absolute atomic E-state index is 0.170. The van der Waals surface area contributed by atoms with Crippen molar-refractivity contribution in [1.82, 2.24) is 15.6 Å². The lowest BCUT2D eigenvalue weighted by atomic mass is 10.1. The maximum Gasteiger partial charge on any atom is 0.252 e. The van der Waals surface area contributed by atoms with Gasteiger partial charge in [-0.05, 0) is 43.4 Å². The van der Waals surface area contributed by atoms with E-state index in [-0.39, 0.29) is 5.11 Å². The number of fused-ring (bicyclic) bond motifs is 1. The lowest BCUT2D eigenvalue weighted by Gasteiger charge is -2.28. The zero-order valence-electron chi connectivity index (χ0n) is 15.2. The second-order valence-corrected chi connectivity index (χ2v) is 9.07. The summed E-state index contributed by atoms with van der Waals surface area (Å²) in [6.07, 6.45) is 0.625. The number of aromatic nitrogens is 1. The number of pyridine rings is 1. The van der Waals surface area contributed by atoms with Crippen LogP contribution in [0.5, 0.6) is 0 Å². The first-order chi connectivity index (χ1) is 13.7. The van der Waals surface area contributed by atoms with Crippen molar-refractivity contribution < 1.29 is 4.79 Å². The maximum atomic E-state index is 12.5. The fraction of sp³-hybridized carbons (Fsp3) is 0.150. The zero-order valence-corrected chi connectivity index (χ0v) is 18.3. The van der Waals surface area contributed by atoms with Crippen molar-refractivity contribution in [3.8, 4) is 0 Å². The highest BCUT2D eigenvalue weighted by atomic mass is 35.6. The van der Waals surface area contributed by atoms with Gasteiger partial charge in [-0.3, -0.25) is 9.78 Å². The summed E-state index contributed by atoms with van der Waals surface area (Å²) >= 11 is 23.5. The fourth-order valence-electron chi connectivity index (χ4n) is 2.61. The third-order valence-electron chi connectivity index (χ3n) is 4.07. The third kappa shape index (κ3) is 5.70. The topological polar surface area (TPSA) is 66.1 Å². The minimum Gasteiger partial charge on any atom is -0.339 e. The Morgan fingerprint density at radius 2 is 1.72 bits per heavy atom. The molecular formula is C20H17Cl3N4OS. The van der Waals surface area contributed by atoms with Crippen molar-refractivity contribution in [3.05, 3.63) is 71.9 Å². The molecule has 3 N–H and O–H groups in total. The Hall–Kier alpha value is -2.12. The van der Waals surface area contributed by atoms with Crippen molar-refractivity contribution in [2.75, 3.05) is 5.32 Å². The first-order valence-corrected chi connectivity index (χ1v) is 10.1. The molecule has 150 valence electrons. The van der Waals surface area contributed by atoms with Crippen LogP contribution >= 0.6 is 47.0 Å². The molecular weight excluding hydrogens is 451 g/mol. The Bertz CT molecular complexity index is 1030. The number of nitrogens with zero attached hydrogens (tertiary/aromatic N) is 1. The molecule has 3 aromatic rings. The lowest BCUT2D eigenvalue weighted by Crippen LogP contribution is -2.56. The monoisotopic (exact) mass is 466 g/mol. The van der Waals surface area contributed by atoms with Crippen molar-refractivity contribution in [3.63, 3.8) is 0 Å². The van der Waals surface area contributed by atoms with Crippen molar-refractivity contribution >= 4 is 74.6 Å². The van der Waals surface area contributed by atoms with Gasteiger partial charge in [-0.1, -0.05) is 70.7 Å². The summed E-state index contributed by atoms with van der Waals surface area (Å²) in [5.41, 5.74) is 2.90. The number of carbonyl (C=O) groups is 1. The van der Waals surface area contributed by atoms with Gasteiger partial charge in [0.2, 0.25) is 3.79 Å². The number of aryl methyl sites for hydroxylation is 1. The Kier molecular flexibility index (Phi) is 6.80. The van der Waals surface area contributed by atoms with Crippen molar-refractivity contribution in [2.45, 2.75) is 16.9 Å². The van der Waals surface area contributed by atoms with E-state index >= 15 is 0 Å². The van der Waals surface area contributed by atoms with Gasteiger partial charge in [-0.15, -0.1) is 0 Å². The first kappa shape index (κ1) is 21.6. The van der Waals surface area contributed by atoms with E-state index < -0.39 is 15.9 Å². The van der Waals surface area contributed by atoms with Gasteiger partial charge in [-0.2, -0.15) is 0 Å². The summed E-state index contributed by atoms with van der Waals surface area (Å²) in [6, 6.07) is 16.5. The molecule has 1 amide bonds. The Morgan fingerprint density at radius 3 is 2.41 bits per heavy atom. The first-order valence-electron chi connectivity index (χ1n) is 8.59. The summed E-state index contributed by atoms with van der Waals surface area (Å²) in [5.74, 6) is -0.400. The average molecular weight is 468 g/mol. The molecule has 5 nitrogen and oxygen atoms in total. The summed E-state index contributed by atoms with van der Waals surface area (Å²) in [4.78, 5) is 16.9.